The van der Waals surface area contributed by atoms with Crippen LogP contribution >= 0.6 is 11.8 Å². The molecule has 0 fully saturated rings. The van der Waals surface area contributed by atoms with Gasteiger partial charge in [-0.3, -0.25) is 4.79 Å². The van der Waals surface area contributed by atoms with Gasteiger partial charge in [-0.15, -0.1) is 11.8 Å². The third-order valence-corrected chi connectivity index (χ3v) is 5.14. The molecule has 2 aliphatic rings. The first-order valence-corrected chi connectivity index (χ1v) is 8.73. The predicted octanol–water partition coefficient (Wildman–Crippen LogP) is 3.36. The molecule has 2 aromatic rings. The number of nitrogens with zero attached hydrogens (tertiary/aromatic N) is 1. The molecule has 118 valence electrons. The quantitative estimate of drug-likeness (QED) is 0.805. The summed E-state index contributed by atoms with van der Waals surface area (Å²) in [5.74, 6) is 2.32. The van der Waals surface area contributed by atoms with E-state index in [0.717, 1.165) is 22.8 Å². The third-order valence-electron chi connectivity index (χ3n) is 3.99. The lowest BCUT2D eigenvalue weighted by Gasteiger charge is -2.30. The zero-order chi connectivity index (χ0) is 15.6. The summed E-state index contributed by atoms with van der Waals surface area (Å²) in [5.41, 5.74) is 0.974. The van der Waals surface area contributed by atoms with Gasteiger partial charge in [0.25, 0.3) is 5.91 Å². The number of hydrogen-bond acceptors (Lipinski definition) is 4. The second kappa shape index (κ2) is 6.16. The van der Waals surface area contributed by atoms with Crippen molar-refractivity contribution >= 4 is 23.4 Å². The Morgan fingerprint density at radius 3 is 2.78 bits per heavy atom. The molecule has 4 rings (SSSR count). The summed E-state index contributed by atoms with van der Waals surface area (Å²) in [6.45, 7) is 0.964. The zero-order valence-corrected chi connectivity index (χ0v) is 13.4. The van der Waals surface area contributed by atoms with Crippen LogP contribution in [0.4, 0.5) is 5.69 Å². The number of anilines is 1. The van der Waals surface area contributed by atoms with Crippen LogP contribution in [0.2, 0.25) is 0 Å². The van der Waals surface area contributed by atoms with E-state index in [1.54, 1.807) is 11.8 Å². The van der Waals surface area contributed by atoms with Gasteiger partial charge in [-0.05, 0) is 36.4 Å². The number of carbonyl (C=O) groups excluding carboxylic acids is 1. The smallest absolute Gasteiger partial charge is 0.271 e. The summed E-state index contributed by atoms with van der Waals surface area (Å²) in [4.78, 5) is 16.0. The summed E-state index contributed by atoms with van der Waals surface area (Å²) in [6, 6.07) is 15.5. The van der Waals surface area contributed by atoms with Gasteiger partial charge in [0.1, 0.15) is 6.61 Å². The highest BCUT2D eigenvalue weighted by Crippen LogP contribution is 2.35. The number of fused-ring (bicyclic) bond motifs is 2. The van der Waals surface area contributed by atoms with Crippen LogP contribution in [0.25, 0.3) is 0 Å². The monoisotopic (exact) mass is 327 g/mol. The Morgan fingerprint density at radius 2 is 1.87 bits per heavy atom. The fourth-order valence-corrected chi connectivity index (χ4v) is 3.87. The molecular formula is C18H17NO3S. The lowest BCUT2D eigenvalue weighted by molar-refractivity contribution is -0.127. The summed E-state index contributed by atoms with van der Waals surface area (Å²) >= 11 is 1.80. The Bertz CT molecular complexity index is 734. The van der Waals surface area contributed by atoms with Gasteiger partial charge in [-0.1, -0.05) is 24.3 Å². The number of thioether (sulfide) groups is 1. The van der Waals surface area contributed by atoms with E-state index in [1.807, 2.05) is 47.4 Å². The third kappa shape index (κ3) is 2.77. The van der Waals surface area contributed by atoms with Crippen LogP contribution in [-0.4, -0.2) is 30.9 Å². The van der Waals surface area contributed by atoms with E-state index in [4.69, 9.17) is 9.47 Å². The molecule has 1 atom stereocenters. The van der Waals surface area contributed by atoms with Crippen molar-refractivity contribution in [2.75, 3.05) is 23.8 Å². The molecule has 4 nitrogen and oxygen atoms in total. The highest BCUT2D eigenvalue weighted by atomic mass is 32.2. The average molecular weight is 327 g/mol. The van der Waals surface area contributed by atoms with E-state index in [1.165, 1.54) is 0 Å². The first kappa shape index (κ1) is 14.5. The SMILES string of the molecule is O=C(C1COc2ccccc2O1)N1CCCSc2ccccc21. The molecule has 0 saturated carbocycles. The highest BCUT2D eigenvalue weighted by Gasteiger charge is 2.33. The lowest BCUT2D eigenvalue weighted by atomic mass is 10.2. The Hall–Kier alpha value is -2.14. The molecule has 0 aromatic heterocycles. The molecule has 5 heteroatoms. The molecule has 0 radical (unpaired) electrons. The van der Waals surface area contributed by atoms with E-state index in [-0.39, 0.29) is 12.5 Å². The van der Waals surface area contributed by atoms with Crippen molar-refractivity contribution in [1.82, 2.24) is 0 Å². The standard InChI is InChI=1S/C18H17NO3S/c20-18(16-12-21-14-7-2-3-8-15(14)22-16)19-10-5-11-23-17-9-4-1-6-13(17)19/h1-4,6-9,16H,5,10-12H2. The molecular weight excluding hydrogens is 310 g/mol. The maximum Gasteiger partial charge on any atom is 0.271 e. The summed E-state index contributed by atoms with van der Waals surface area (Å²) in [5, 5.41) is 0. The van der Waals surface area contributed by atoms with Crippen LogP contribution in [0.1, 0.15) is 6.42 Å². The average Bonchev–Trinajstić information content (AvgIpc) is 2.83. The molecule has 0 N–H and O–H groups in total. The molecule has 1 amide bonds. The van der Waals surface area contributed by atoms with Crippen molar-refractivity contribution < 1.29 is 14.3 Å². The fourth-order valence-electron chi connectivity index (χ4n) is 2.87. The van der Waals surface area contributed by atoms with E-state index >= 15 is 0 Å². The zero-order valence-electron chi connectivity index (χ0n) is 12.6. The largest absolute Gasteiger partial charge is 0.485 e. The van der Waals surface area contributed by atoms with Crippen LogP contribution < -0.4 is 14.4 Å². The Morgan fingerprint density at radius 1 is 1.09 bits per heavy atom. The summed E-state index contributed by atoms with van der Waals surface area (Å²) in [6.07, 6.45) is 0.371. The highest BCUT2D eigenvalue weighted by molar-refractivity contribution is 7.99. The van der Waals surface area contributed by atoms with Crippen LogP contribution in [0.5, 0.6) is 11.5 Å². The van der Waals surface area contributed by atoms with Gasteiger partial charge in [0.15, 0.2) is 11.5 Å². The minimum absolute atomic E-state index is 0.0329. The second-order valence-electron chi connectivity index (χ2n) is 5.52. The fraction of sp³-hybridized carbons (Fsp3) is 0.278. The minimum atomic E-state index is -0.596. The van der Waals surface area contributed by atoms with E-state index in [9.17, 15) is 4.79 Å². The van der Waals surface area contributed by atoms with Gasteiger partial charge in [-0.2, -0.15) is 0 Å². The molecule has 0 aliphatic carbocycles. The first-order valence-electron chi connectivity index (χ1n) is 7.74. The topological polar surface area (TPSA) is 38.8 Å². The van der Waals surface area contributed by atoms with Gasteiger partial charge >= 0.3 is 0 Å². The molecule has 23 heavy (non-hydrogen) atoms. The number of ether oxygens (including phenoxy) is 2. The molecule has 0 bridgehead atoms. The maximum absolute atomic E-state index is 13.0. The number of amides is 1. The second-order valence-corrected chi connectivity index (χ2v) is 6.66. The van der Waals surface area contributed by atoms with Crippen LogP contribution in [0.15, 0.2) is 53.4 Å². The van der Waals surface area contributed by atoms with Gasteiger partial charge in [-0.25, -0.2) is 0 Å². The van der Waals surface area contributed by atoms with Crippen LogP contribution in [-0.2, 0) is 4.79 Å². The summed E-state index contributed by atoms with van der Waals surface area (Å²) in [7, 11) is 0. The van der Waals surface area contributed by atoms with Gasteiger partial charge < -0.3 is 14.4 Å². The molecule has 1 unspecified atom stereocenters. The first-order chi connectivity index (χ1) is 11.3. The Kier molecular flexibility index (Phi) is 3.87. The molecule has 0 saturated heterocycles. The normalized spacial score (nSPS) is 19.7. The molecule has 2 aliphatic heterocycles. The molecule has 2 heterocycles. The van der Waals surface area contributed by atoms with Crippen molar-refractivity contribution in [2.24, 2.45) is 0 Å². The summed E-state index contributed by atoms with van der Waals surface area (Å²) < 4.78 is 11.6. The van der Waals surface area contributed by atoms with E-state index in [2.05, 4.69) is 6.07 Å². The van der Waals surface area contributed by atoms with Gasteiger partial charge in [0, 0.05) is 11.4 Å². The number of benzene rings is 2. The van der Waals surface area contributed by atoms with Crippen molar-refractivity contribution in [2.45, 2.75) is 17.4 Å². The van der Waals surface area contributed by atoms with Crippen LogP contribution in [0.3, 0.4) is 0 Å². The maximum atomic E-state index is 13.0. The number of para-hydroxylation sites is 3. The lowest BCUT2D eigenvalue weighted by Crippen LogP contribution is -2.47. The molecule has 0 spiro atoms. The Balaban J connectivity index is 1.60. The van der Waals surface area contributed by atoms with E-state index in [0.29, 0.717) is 18.0 Å². The van der Waals surface area contributed by atoms with Crippen molar-refractivity contribution in [3.05, 3.63) is 48.5 Å². The Labute approximate surface area is 139 Å². The number of carbonyl (C=O) groups is 1. The van der Waals surface area contributed by atoms with E-state index < -0.39 is 6.10 Å². The van der Waals surface area contributed by atoms with Gasteiger partial charge in [0.05, 0.1) is 5.69 Å². The van der Waals surface area contributed by atoms with Crippen molar-refractivity contribution in [3.8, 4) is 11.5 Å². The number of hydrogen-bond donors (Lipinski definition) is 0. The predicted molar refractivity (Wildman–Crippen MR) is 90.5 cm³/mol. The number of rotatable bonds is 1. The van der Waals surface area contributed by atoms with Crippen LogP contribution in [0, 0.1) is 0 Å². The van der Waals surface area contributed by atoms with Gasteiger partial charge in [0.2, 0.25) is 6.10 Å². The van der Waals surface area contributed by atoms with Crippen molar-refractivity contribution in [3.63, 3.8) is 0 Å². The minimum Gasteiger partial charge on any atom is -0.485 e. The molecule has 2 aromatic carbocycles. The van der Waals surface area contributed by atoms with Crippen molar-refractivity contribution in [1.29, 1.82) is 0 Å².